The molecule has 1 unspecified atom stereocenters. The molecule has 82 valence electrons. The second-order valence-electron chi connectivity index (χ2n) is 4.23. The molecule has 1 aliphatic rings. The van der Waals surface area contributed by atoms with Gasteiger partial charge >= 0.3 is 0 Å². The largest absolute Gasteiger partial charge is 0.335 e. The molecule has 4 heteroatoms. The van der Waals surface area contributed by atoms with Gasteiger partial charge in [0.1, 0.15) is 0 Å². The van der Waals surface area contributed by atoms with Crippen molar-refractivity contribution in [2.24, 2.45) is 0 Å². The fourth-order valence-corrected chi connectivity index (χ4v) is 2.52. The molecule has 1 aliphatic heterocycles. The number of nitrogens with zero attached hydrogens (tertiary/aromatic N) is 1. The third-order valence-corrected chi connectivity index (χ3v) is 3.26. The Morgan fingerprint density at radius 2 is 2.27 bits per heavy atom. The first-order valence-electron chi connectivity index (χ1n) is 5.46. The van der Waals surface area contributed by atoms with E-state index in [2.05, 4.69) is 22.2 Å². The number of H-pyrrole nitrogens is 1. The summed E-state index contributed by atoms with van der Waals surface area (Å²) < 4.78 is 0.591. The molecule has 1 saturated heterocycles. The summed E-state index contributed by atoms with van der Waals surface area (Å²) >= 11 is 5.05. The van der Waals surface area contributed by atoms with Crippen LogP contribution in [0.2, 0.25) is 0 Å². The second-order valence-corrected chi connectivity index (χ2v) is 4.62. The molecular formula is C11H17N3S. The summed E-state index contributed by atoms with van der Waals surface area (Å²) in [6, 6.07) is 0.619. The summed E-state index contributed by atoms with van der Waals surface area (Å²) in [4.78, 5) is 7.44. The van der Waals surface area contributed by atoms with Crippen LogP contribution in [0.4, 0.5) is 0 Å². The van der Waals surface area contributed by atoms with Crippen molar-refractivity contribution in [3.05, 3.63) is 21.7 Å². The molecule has 1 aromatic rings. The van der Waals surface area contributed by atoms with Crippen LogP contribution in [0.3, 0.4) is 0 Å². The monoisotopic (exact) mass is 223 g/mol. The molecule has 0 aromatic carbocycles. The molecule has 2 heterocycles. The van der Waals surface area contributed by atoms with Crippen molar-refractivity contribution in [2.75, 3.05) is 6.54 Å². The highest BCUT2D eigenvalue weighted by Crippen LogP contribution is 2.16. The number of rotatable bonds is 2. The van der Waals surface area contributed by atoms with Crippen molar-refractivity contribution < 1.29 is 0 Å². The minimum absolute atomic E-state index is 0.591. The van der Waals surface area contributed by atoms with Gasteiger partial charge in [-0.1, -0.05) is 0 Å². The fraction of sp³-hybridized carbons (Fsp3) is 0.636. The summed E-state index contributed by atoms with van der Waals surface area (Å²) in [6.07, 6.45) is 3.63. The van der Waals surface area contributed by atoms with Gasteiger partial charge in [0.15, 0.2) is 4.77 Å². The standard InChI is InChI=1S/C11H17N3S/c1-7-10(6-9-4-3-5-12-9)8(2)14-11(15)13-7/h9,12H,3-6H2,1-2H3,(H,13,14,15). The van der Waals surface area contributed by atoms with Crippen LogP contribution in [0, 0.1) is 18.6 Å². The summed E-state index contributed by atoms with van der Waals surface area (Å²) in [5.41, 5.74) is 3.56. The van der Waals surface area contributed by atoms with Gasteiger partial charge in [-0.25, -0.2) is 4.98 Å². The SMILES string of the molecule is Cc1nc(=S)[nH]c(C)c1CC1CCCN1. The normalized spacial score (nSPS) is 20.8. The first kappa shape index (κ1) is 10.8. The average molecular weight is 223 g/mol. The Bertz CT molecular complexity index is 379. The van der Waals surface area contributed by atoms with Gasteiger partial charge < -0.3 is 10.3 Å². The number of aromatic nitrogens is 2. The van der Waals surface area contributed by atoms with Crippen molar-refractivity contribution in [1.29, 1.82) is 0 Å². The van der Waals surface area contributed by atoms with Crippen LogP contribution < -0.4 is 5.32 Å². The van der Waals surface area contributed by atoms with E-state index >= 15 is 0 Å². The molecule has 2 rings (SSSR count). The van der Waals surface area contributed by atoms with Crippen LogP contribution in [0.15, 0.2) is 0 Å². The third kappa shape index (κ3) is 2.44. The van der Waals surface area contributed by atoms with Crippen LogP contribution in [0.1, 0.15) is 29.8 Å². The highest BCUT2D eigenvalue weighted by atomic mass is 32.1. The molecule has 0 saturated carbocycles. The Labute approximate surface area is 95.3 Å². The van der Waals surface area contributed by atoms with Crippen LogP contribution in [-0.4, -0.2) is 22.6 Å². The Morgan fingerprint density at radius 3 is 2.87 bits per heavy atom. The maximum absolute atomic E-state index is 5.05. The summed E-state index contributed by atoms with van der Waals surface area (Å²) in [5, 5.41) is 3.51. The molecule has 0 spiro atoms. The third-order valence-electron chi connectivity index (χ3n) is 3.07. The van der Waals surface area contributed by atoms with Crippen LogP contribution in [0.5, 0.6) is 0 Å². The number of nitrogens with one attached hydrogen (secondary N) is 2. The molecular weight excluding hydrogens is 206 g/mol. The van der Waals surface area contributed by atoms with E-state index in [4.69, 9.17) is 12.2 Å². The number of aromatic amines is 1. The van der Waals surface area contributed by atoms with E-state index in [1.807, 2.05) is 6.92 Å². The number of hydrogen-bond acceptors (Lipinski definition) is 3. The smallest absolute Gasteiger partial charge is 0.197 e. The molecule has 15 heavy (non-hydrogen) atoms. The van der Waals surface area contributed by atoms with Crippen molar-refractivity contribution in [1.82, 2.24) is 15.3 Å². The van der Waals surface area contributed by atoms with Gasteiger partial charge in [-0.2, -0.15) is 0 Å². The van der Waals surface area contributed by atoms with Crippen LogP contribution >= 0.6 is 12.2 Å². The topological polar surface area (TPSA) is 40.7 Å². The lowest BCUT2D eigenvalue weighted by Gasteiger charge is -2.13. The molecule has 3 nitrogen and oxygen atoms in total. The predicted molar refractivity (Wildman–Crippen MR) is 63.6 cm³/mol. The van der Waals surface area contributed by atoms with E-state index in [0.717, 1.165) is 18.7 Å². The van der Waals surface area contributed by atoms with Crippen molar-refractivity contribution in [2.45, 2.75) is 39.2 Å². The van der Waals surface area contributed by atoms with Crippen LogP contribution in [-0.2, 0) is 6.42 Å². The maximum atomic E-state index is 5.05. The minimum atomic E-state index is 0.591. The van der Waals surface area contributed by atoms with E-state index in [-0.39, 0.29) is 0 Å². The zero-order valence-electron chi connectivity index (χ0n) is 9.26. The van der Waals surface area contributed by atoms with Crippen molar-refractivity contribution in [3.8, 4) is 0 Å². The molecule has 2 N–H and O–H groups in total. The zero-order valence-corrected chi connectivity index (χ0v) is 10.1. The van der Waals surface area contributed by atoms with Crippen LogP contribution in [0.25, 0.3) is 0 Å². The van der Waals surface area contributed by atoms with E-state index in [1.165, 1.54) is 24.1 Å². The Balaban J connectivity index is 2.23. The maximum Gasteiger partial charge on any atom is 0.197 e. The second kappa shape index (κ2) is 4.41. The van der Waals surface area contributed by atoms with Gasteiger partial charge in [0.05, 0.1) is 0 Å². The lowest BCUT2D eigenvalue weighted by Crippen LogP contribution is -2.24. The molecule has 1 fully saturated rings. The van der Waals surface area contributed by atoms with Gasteiger partial charge in [0.25, 0.3) is 0 Å². The Kier molecular flexibility index (Phi) is 3.17. The highest BCUT2D eigenvalue weighted by Gasteiger charge is 2.17. The zero-order chi connectivity index (χ0) is 10.8. The highest BCUT2D eigenvalue weighted by molar-refractivity contribution is 7.71. The quantitative estimate of drug-likeness (QED) is 0.754. The summed E-state index contributed by atoms with van der Waals surface area (Å²) in [5.74, 6) is 0. The minimum Gasteiger partial charge on any atom is -0.335 e. The number of aryl methyl sites for hydroxylation is 2. The molecule has 1 atom stereocenters. The van der Waals surface area contributed by atoms with Gasteiger partial charge in [0, 0.05) is 17.4 Å². The number of hydrogen-bond donors (Lipinski definition) is 2. The average Bonchev–Trinajstić information content (AvgIpc) is 2.63. The first-order valence-corrected chi connectivity index (χ1v) is 5.87. The van der Waals surface area contributed by atoms with Crippen molar-refractivity contribution >= 4 is 12.2 Å². The lowest BCUT2D eigenvalue weighted by molar-refractivity contribution is 0.596. The first-order chi connectivity index (χ1) is 7.16. The molecule has 0 amide bonds. The predicted octanol–water partition coefficient (Wildman–Crippen LogP) is 2.05. The van der Waals surface area contributed by atoms with E-state index in [9.17, 15) is 0 Å². The fourth-order valence-electron chi connectivity index (χ4n) is 2.23. The molecule has 0 radical (unpaired) electrons. The van der Waals surface area contributed by atoms with Gasteiger partial charge in [-0.3, -0.25) is 0 Å². The van der Waals surface area contributed by atoms with Gasteiger partial charge in [-0.15, -0.1) is 0 Å². The van der Waals surface area contributed by atoms with Gasteiger partial charge in [0.2, 0.25) is 0 Å². The van der Waals surface area contributed by atoms with Gasteiger partial charge in [-0.05, 0) is 57.4 Å². The lowest BCUT2D eigenvalue weighted by atomic mass is 10.0. The Morgan fingerprint density at radius 1 is 1.47 bits per heavy atom. The molecule has 0 aliphatic carbocycles. The van der Waals surface area contributed by atoms with E-state index in [1.54, 1.807) is 0 Å². The van der Waals surface area contributed by atoms with Crippen molar-refractivity contribution in [3.63, 3.8) is 0 Å². The Hall–Kier alpha value is -0.740. The van der Waals surface area contributed by atoms with E-state index < -0.39 is 0 Å². The molecule has 1 aromatic heterocycles. The summed E-state index contributed by atoms with van der Waals surface area (Å²) in [6.45, 7) is 5.27. The molecule has 0 bridgehead atoms. The van der Waals surface area contributed by atoms with E-state index in [0.29, 0.717) is 10.8 Å². The summed E-state index contributed by atoms with van der Waals surface area (Å²) in [7, 11) is 0.